The van der Waals surface area contributed by atoms with E-state index in [-0.39, 0.29) is 29.2 Å². The van der Waals surface area contributed by atoms with Gasteiger partial charge in [-0.15, -0.1) is 0 Å². The summed E-state index contributed by atoms with van der Waals surface area (Å²) in [7, 11) is -4.08. The first-order valence-electron chi connectivity index (χ1n) is 13.7. The van der Waals surface area contributed by atoms with Gasteiger partial charge in [-0.3, -0.25) is 13.9 Å². The second kappa shape index (κ2) is 13.6. The largest absolute Gasteiger partial charge is 0.354 e. The highest BCUT2D eigenvalue weighted by Gasteiger charge is 2.32. The summed E-state index contributed by atoms with van der Waals surface area (Å²) < 4.78 is 28.9. The lowest BCUT2D eigenvalue weighted by Gasteiger charge is -2.32. The third-order valence-electron chi connectivity index (χ3n) is 6.91. The van der Waals surface area contributed by atoms with Crippen molar-refractivity contribution in [2.24, 2.45) is 5.92 Å². The van der Waals surface area contributed by atoms with Gasteiger partial charge >= 0.3 is 0 Å². The maximum Gasteiger partial charge on any atom is 0.264 e. The molecule has 3 aromatic carbocycles. The van der Waals surface area contributed by atoms with E-state index in [0.29, 0.717) is 12.2 Å². The molecule has 0 bridgehead atoms. The summed E-state index contributed by atoms with van der Waals surface area (Å²) >= 11 is 0. The van der Waals surface area contributed by atoms with E-state index in [9.17, 15) is 18.0 Å². The molecule has 0 aliphatic heterocycles. The summed E-state index contributed by atoms with van der Waals surface area (Å²) in [5.41, 5.74) is 3.31. The van der Waals surface area contributed by atoms with E-state index in [1.807, 2.05) is 57.2 Å². The highest BCUT2D eigenvalue weighted by molar-refractivity contribution is 7.92. The second-order valence-corrected chi connectivity index (χ2v) is 12.7. The standard InChI is InChI=1S/C32H41N3O4S/c1-23(2)20-33-32(37)26(6)34(21-28-13-11-10-12-25(28)5)31(36)22-35(29-18-16-27(17-19-29)24(3)4)40(38,39)30-14-8-7-9-15-30/h7-19,23-24,26H,20-22H2,1-6H3,(H,33,37). The molecule has 0 aliphatic carbocycles. The lowest BCUT2D eigenvalue weighted by molar-refractivity contribution is -0.139. The Bertz CT molecular complexity index is 1390. The topological polar surface area (TPSA) is 86.8 Å². The van der Waals surface area contributed by atoms with Crippen LogP contribution >= 0.6 is 0 Å². The van der Waals surface area contributed by atoms with E-state index in [0.717, 1.165) is 21.0 Å². The van der Waals surface area contributed by atoms with Gasteiger partial charge in [-0.05, 0) is 66.6 Å². The van der Waals surface area contributed by atoms with Crippen molar-refractivity contribution in [2.45, 2.75) is 64.9 Å². The van der Waals surface area contributed by atoms with Gasteiger partial charge in [0.1, 0.15) is 12.6 Å². The van der Waals surface area contributed by atoms with Gasteiger partial charge in [0.2, 0.25) is 11.8 Å². The molecule has 214 valence electrons. The van der Waals surface area contributed by atoms with Crippen LogP contribution < -0.4 is 9.62 Å². The van der Waals surface area contributed by atoms with Crippen molar-refractivity contribution in [3.63, 3.8) is 0 Å². The van der Waals surface area contributed by atoms with Crippen molar-refractivity contribution < 1.29 is 18.0 Å². The molecule has 0 spiro atoms. The summed E-state index contributed by atoms with van der Waals surface area (Å²) in [6, 6.07) is 22.2. The Hall–Kier alpha value is -3.65. The minimum Gasteiger partial charge on any atom is -0.354 e. The van der Waals surface area contributed by atoms with Crippen LogP contribution in [-0.2, 0) is 26.2 Å². The van der Waals surface area contributed by atoms with Crippen molar-refractivity contribution in [1.29, 1.82) is 0 Å². The summed E-state index contributed by atoms with van der Waals surface area (Å²) in [4.78, 5) is 28.7. The average molecular weight is 564 g/mol. The first-order valence-corrected chi connectivity index (χ1v) is 15.1. The zero-order valence-electron chi connectivity index (χ0n) is 24.3. The van der Waals surface area contributed by atoms with Crippen molar-refractivity contribution in [3.05, 3.63) is 95.6 Å². The fourth-order valence-electron chi connectivity index (χ4n) is 4.28. The number of rotatable bonds is 12. The van der Waals surface area contributed by atoms with Gasteiger partial charge in [-0.1, -0.05) is 82.3 Å². The van der Waals surface area contributed by atoms with Crippen LogP contribution in [0.25, 0.3) is 0 Å². The average Bonchev–Trinajstić information content (AvgIpc) is 2.94. The van der Waals surface area contributed by atoms with Crippen LogP contribution in [0.15, 0.2) is 83.8 Å². The number of sulfonamides is 1. The number of aryl methyl sites for hydroxylation is 1. The van der Waals surface area contributed by atoms with Crippen LogP contribution in [0.5, 0.6) is 0 Å². The molecule has 3 rings (SSSR count). The normalized spacial score (nSPS) is 12.3. The zero-order valence-corrected chi connectivity index (χ0v) is 25.1. The van der Waals surface area contributed by atoms with Crippen LogP contribution in [0.2, 0.25) is 0 Å². The van der Waals surface area contributed by atoms with Gasteiger partial charge in [0.25, 0.3) is 10.0 Å². The summed E-state index contributed by atoms with van der Waals surface area (Å²) in [5.74, 6) is -0.237. The molecule has 40 heavy (non-hydrogen) atoms. The van der Waals surface area contributed by atoms with Crippen molar-refractivity contribution in [3.8, 4) is 0 Å². The summed E-state index contributed by atoms with van der Waals surface area (Å²) in [6.45, 7) is 11.9. The monoisotopic (exact) mass is 563 g/mol. The predicted molar refractivity (Wildman–Crippen MR) is 161 cm³/mol. The quantitative estimate of drug-likeness (QED) is 0.315. The van der Waals surface area contributed by atoms with Gasteiger partial charge in [-0.2, -0.15) is 0 Å². The van der Waals surface area contributed by atoms with Gasteiger partial charge in [0.15, 0.2) is 0 Å². The fraction of sp³-hybridized carbons (Fsp3) is 0.375. The van der Waals surface area contributed by atoms with E-state index in [1.54, 1.807) is 37.3 Å². The maximum absolute atomic E-state index is 14.0. The van der Waals surface area contributed by atoms with E-state index in [2.05, 4.69) is 19.2 Å². The van der Waals surface area contributed by atoms with Crippen molar-refractivity contribution in [2.75, 3.05) is 17.4 Å². The fourth-order valence-corrected chi connectivity index (χ4v) is 5.72. The highest BCUT2D eigenvalue weighted by Crippen LogP contribution is 2.26. The van der Waals surface area contributed by atoms with E-state index in [4.69, 9.17) is 0 Å². The van der Waals surface area contributed by atoms with Crippen molar-refractivity contribution in [1.82, 2.24) is 10.2 Å². The number of anilines is 1. The van der Waals surface area contributed by atoms with Gasteiger partial charge in [0.05, 0.1) is 10.6 Å². The first-order chi connectivity index (χ1) is 18.9. The minimum absolute atomic E-state index is 0.0870. The first kappa shape index (κ1) is 30.9. The van der Waals surface area contributed by atoms with Crippen LogP contribution in [0.3, 0.4) is 0 Å². The lowest BCUT2D eigenvalue weighted by Crippen LogP contribution is -2.51. The Labute approximate surface area is 239 Å². The zero-order chi connectivity index (χ0) is 29.4. The number of benzene rings is 3. The molecule has 3 aromatic rings. The molecule has 1 N–H and O–H groups in total. The molecule has 0 heterocycles. The number of carbonyl (C=O) groups excluding carboxylic acids is 2. The number of nitrogens with zero attached hydrogens (tertiary/aromatic N) is 2. The highest BCUT2D eigenvalue weighted by atomic mass is 32.2. The van der Waals surface area contributed by atoms with Crippen LogP contribution in [-0.4, -0.2) is 44.3 Å². The molecule has 1 atom stereocenters. The molecule has 1 unspecified atom stereocenters. The summed E-state index contributed by atoms with van der Waals surface area (Å²) in [5, 5.41) is 2.91. The number of hydrogen-bond acceptors (Lipinski definition) is 4. The maximum atomic E-state index is 14.0. The molecule has 0 fully saturated rings. The van der Waals surface area contributed by atoms with E-state index >= 15 is 0 Å². The number of amides is 2. The number of carbonyl (C=O) groups is 2. The van der Waals surface area contributed by atoms with Gasteiger partial charge in [0, 0.05) is 13.1 Å². The number of hydrogen-bond donors (Lipinski definition) is 1. The predicted octanol–water partition coefficient (Wildman–Crippen LogP) is 5.50. The third kappa shape index (κ3) is 7.72. The lowest BCUT2D eigenvalue weighted by atomic mass is 10.0. The Balaban J connectivity index is 2.02. The van der Waals surface area contributed by atoms with Crippen molar-refractivity contribution >= 4 is 27.5 Å². The second-order valence-electron chi connectivity index (χ2n) is 10.8. The molecule has 0 aromatic heterocycles. The van der Waals surface area contributed by atoms with Crippen LogP contribution in [0.1, 0.15) is 57.2 Å². The molecule has 7 nitrogen and oxygen atoms in total. The van der Waals surface area contributed by atoms with Gasteiger partial charge in [-0.25, -0.2) is 8.42 Å². The molecular weight excluding hydrogens is 522 g/mol. The third-order valence-corrected chi connectivity index (χ3v) is 8.70. The summed E-state index contributed by atoms with van der Waals surface area (Å²) in [6.07, 6.45) is 0. The minimum atomic E-state index is -4.08. The molecule has 2 amide bonds. The molecule has 0 saturated carbocycles. The molecule has 0 aliphatic rings. The Morgan fingerprint density at radius 3 is 2.00 bits per heavy atom. The SMILES string of the molecule is Cc1ccccc1CN(C(=O)CN(c1ccc(C(C)C)cc1)S(=O)(=O)c1ccccc1)C(C)C(=O)NCC(C)C. The van der Waals surface area contributed by atoms with Crippen LogP contribution in [0.4, 0.5) is 5.69 Å². The van der Waals surface area contributed by atoms with Gasteiger partial charge < -0.3 is 10.2 Å². The Kier molecular flexibility index (Phi) is 10.5. The van der Waals surface area contributed by atoms with Crippen LogP contribution in [0, 0.1) is 12.8 Å². The molecule has 8 heteroatoms. The smallest absolute Gasteiger partial charge is 0.264 e. The molecule has 0 radical (unpaired) electrons. The number of nitrogens with one attached hydrogen (secondary N) is 1. The Morgan fingerprint density at radius 1 is 0.825 bits per heavy atom. The van der Waals surface area contributed by atoms with E-state index in [1.165, 1.54) is 17.0 Å². The Morgan fingerprint density at radius 2 is 1.43 bits per heavy atom. The van der Waals surface area contributed by atoms with E-state index < -0.39 is 28.5 Å². The molecule has 0 saturated heterocycles. The molecular formula is C32H41N3O4S.